The third-order valence-corrected chi connectivity index (χ3v) is 9.49. The number of pyridine rings is 1. The van der Waals surface area contributed by atoms with Crippen LogP contribution in [0.1, 0.15) is 17.7 Å². The molecule has 0 radical (unpaired) electrons. The van der Waals surface area contributed by atoms with Gasteiger partial charge in [0.25, 0.3) is 0 Å². The summed E-state index contributed by atoms with van der Waals surface area (Å²) in [5.74, 6) is 0. The zero-order valence-corrected chi connectivity index (χ0v) is 24.4. The van der Waals surface area contributed by atoms with Gasteiger partial charge in [-0.05, 0) is 66.4 Å². The molecule has 0 aliphatic heterocycles. The van der Waals surface area contributed by atoms with Gasteiger partial charge in [0.1, 0.15) is 5.58 Å². The van der Waals surface area contributed by atoms with Crippen molar-refractivity contribution in [1.82, 2.24) is 14.1 Å². The minimum atomic E-state index is 0.665. The first kappa shape index (κ1) is 24.6. The summed E-state index contributed by atoms with van der Waals surface area (Å²) in [6.07, 6.45) is 6.25. The highest BCUT2D eigenvalue weighted by molar-refractivity contribution is 6.11. The lowest BCUT2D eigenvalue weighted by Gasteiger charge is -2.19. The molecule has 5 aromatic carbocycles. The molecule has 45 heavy (non-hydrogen) atoms. The summed E-state index contributed by atoms with van der Waals surface area (Å²) < 4.78 is 11.1. The highest BCUT2D eigenvalue weighted by atomic mass is 16.3. The maximum Gasteiger partial charge on any atom is 0.227 e. The molecule has 4 heteroatoms. The maximum absolute atomic E-state index is 6.21. The number of aromatic nitrogens is 3. The Kier molecular flexibility index (Phi) is 5.08. The fraction of sp³-hybridized carbons (Fsp3) is 0.0488. The fourth-order valence-corrected chi connectivity index (χ4v) is 7.50. The molecule has 0 unspecified atom stereocenters. The smallest absolute Gasteiger partial charge is 0.227 e. The van der Waals surface area contributed by atoms with Gasteiger partial charge in [-0.3, -0.25) is 0 Å². The van der Waals surface area contributed by atoms with E-state index in [0.29, 0.717) is 5.71 Å². The van der Waals surface area contributed by atoms with Crippen molar-refractivity contribution in [2.75, 3.05) is 0 Å². The van der Waals surface area contributed by atoms with Crippen LogP contribution in [0.2, 0.25) is 0 Å². The Morgan fingerprint density at radius 1 is 0.533 bits per heavy atom. The predicted octanol–water partition coefficient (Wildman–Crippen LogP) is 10.6. The van der Waals surface area contributed by atoms with Crippen molar-refractivity contribution in [2.24, 2.45) is 0 Å². The third-order valence-electron chi connectivity index (χ3n) is 9.49. The van der Waals surface area contributed by atoms with E-state index in [4.69, 9.17) is 9.40 Å². The van der Waals surface area contributed by atoms with Crippen LogP contribution in [0.25, 0.3) is 83.4 Å². The largest absolute Gasteiger partial charge is 0.438 e. The molecule has 9 aromatic rings. The number of hydrogen-bond acceptors (Lipinski definition) is 2. The number of furan rings is 1. The Morgan fingerprint density at radius 2 is 1.20 bits per heavy atom. The molecule has 0 spiro atoms. The van der Waals surface area contributed by atoms with Crippen LogP contribution in [0.5, 0.6) is 0 Å². The lowest BCUT2D eigenvalue weighted by atomic mass is 9.99. The molecule has 4 heterocycles. The van der Waals surface area contributed by atoms with Crippen molar-refractivity contribution in [1.29, 1.82) is 0 Å². The molecule has 212 valence electrons. The van der Waals surface area contributed by atoms with Gasteiger partial charge in [-0.1, -0.05) is 91.0 Å². The molecule has 10 rings (SSSR count). The highest BCUT2D eigenvalue weighted by Gasteiger charge is 2.24. The van der Waals surface area contributed by atoms with E-state index in [0.717, 1.165) is 34.9 Å². The number of fused-ring (bicyclic) bond motifs is 9. The molecule has 1 aliphatic carbocycles. The Balaban J connectivity index is 1.18. The second kappa shape index (κ2) is 9.31. The molecule has 0 saturated heterocycles. The van der Waals surface area contributed by atoms with Gasteiger partial charge in [-0.25, -0.2) is 4.98 Å². The Bertz CT molecular complexity index is 2600. The van der Waals surface area contributed by atoms with Crippen LogP contribution < -0.4 is 0 Å². The van der Waals surface area contributed by atoms with Gasteiger partial charge in [-0.2, -0.15) is 0 Å². The van der Waals surface area contributed by atoms with Gasteiger partial charge in [0, 0.05) is 38.5 Å². The van der Waals surface area contributed by atoms with Crippen LogP contribution in [0.4, 0.5) is 0 Å². The normalized spacial score (nSPS) is 13.3. The van der Waals surface area contributed by atoms with Gasteiger partial charge < -0.3 is 13.6 Å². The van der Waals surface area contributed by atoms with E-state index < -0.39 is 0 Å². The molecule has 1 aliphatic rings. The summed E-state index contributed by atoms with van der Waals surface area (Å²) in [6, 6.07) is 45.4. The molecule has 0 amide bonds. The van der Waals surface area contributed by atoms with Gasteiger partial charge in [-0.15, -0.1) is 0 Å². The quantitative estimate of drug-likeness (QED) is 0.209. The van der Waals surface area contributed by atoms with Crippen LogP contribution >= 0.6 is 0 Å². The number of para-hydroxylation sites is 3. The topological polar surface area (TPSA) is 35.9 Å². The first-order valence-electron chi connectivity index (χ1n) is 15.5. The van der Waals surface area contributed by atoms with Gasteiger partial charge >= 0.3 is 0 Å². The third kappa shape index (κ3) is 3.57. The van der Waals surface area contributed by atoms with Crippen molar-refractivity contribution in [3.8, 4) is 16.8 Å². The maximum atomic E-state index is 6.21. The van der Waals surface area contributed by atoms with Crippen LogP contribution in [-0.4, -0.2) is 14.1 Å². The summed E-state index contributed by atoms with van der Waals surface area (Å²) in [5, 5.41) is 5.96. The summed E-state index contributed by atoms with van der Waals surface area (Å²) >= 11 is 0. The van der Waals surface area contributed by atoms with E-state index in [1.807, 2.05) is 6.20 Å². The minimum absolute atomic E-state index is 0.665. The number of benzene rings is 5. The van der Waals surface area contributed by atoms with E-state index in [1.54, 1.807) is 0 Å². The first-order valence-corrected chi connectivity index (χ1v) is 15.5. The lowest BCUT2D eigenvalue weighted by Crippen LogP contribution is -2.08. The summed E-state index contributed by atoms with van der Waals surface area (Å²) in [5.41, 5.74) is 12.6. The Labute approximate surface area is 259 Å². The average molecular weight is 578 g/mol. The van der Waals surface area contributed by atoms with Crippen LogP contribution in [0.3, 0.4) is 0 Å². The van der Waals surface area contributed by atoms with E-state index in [-0.39, 0.29) is 0 Å². The molecular weight excluding hydrogens is 550 g/mol. The monoisotopic (exact) mass is 577 g/mol. The highest BCUT2D eigenvalue weighted by Crippen LogP contribution is 2.41. The van der Waals surface area contributed by atoms with Gasteiger partial charge in [0.2, 0.25) is 5.71 Å². The summed E-state index contributed by atoms with van der Waals surface area (Å²) in [4.78, 5) is 4.85. The van der Waals surface area contributed by atoms with E-state index in [2.05, 4.69) is 143 Å². The van der Waals surface area contributed by atoms with Crippen molar-refractivity contribution in [2.45, 2.75) is 12.8 Å². The molecule has 0 N–H and O–H groups in total. The van der Waals surface area contributed by atoms with Crippen LogP contribution in [0, 0.1) is 0 Å². The van der Waals surface area contributed by atoms with Gasteiger partial charge in [0.05, 0.1) is 33.8 Å². The summed E-state index contributed by atoms with van der Waals surface area (Å²) in [6.45, 7) is 0. The van der Waals surface area contributed by atoms with Crippen molar-refractivity contribution < 1.29 is 4.42 Å². The van der Waals surface area contributed by atoms with E-state index >= 15 is 0 Å². The van der Waals surface area contributed by atoms with Crippen LogP contribution in [-0.2, 0) is 6.42 Å². The predicted molar refractivity (Wildman–Crippen MR) is 186 cm³/mol. The standard InChI is InChI=1S/C41H27N3O/c1-2-10-26(11-3-1)27-18-21-40-34(22-27)35-24-29(25-42-41(35)45-40)44-38-17-9-6-14-32(38)33-23-28(19-20-39(33)44)43-36-15-7-4-12-30(36)31-13-5-8-16-37(31)43/h1-18,21-25H,19-20H2. The molecule has 4 aromatic heterocycles. The minimum Gasteiger partial charge on any atom is -0.438 e. The molecule has 0 bridgehead atoms. The van der Waals surface area contributed by atoms with Crippen molar-refractivity contribution in [3.63, 3.8) is 0 Å². The first-order chi connectivity index (χ1) is 22.3. The average Bonchev–Trinajstić information content (AvgIpc) is 3.75. The van der Waals surface area contributed by atoms with E-state index in [1.165, 1.54) is 60.8 Å². The van der Waals surface area contributed by atoms with Crippen molar-refractivity contribution in [3.05, 3.63) is 145 Å². The second-order valence-electron chi connectivity index (χ2n) is 11.9. The SMILES string of the molecule is C1=C(n2c3ccccc3c3ccccc32)CCc2c1c1ccccc1n2-c1cnc2oc3ccc(-c4ccccc4)cc3c2c1. The Hall–Kier alpha value is -5.87. The van der Waals surface area contributed by atoms with Crippen molar-refractivity contribution >= 4 is 66.6 Å². The number of nitrogens with zero attached hydrogens (tertiary/aromatic N) is 3. The molecule has 4 nitrogen and oxygen atoms in total. The number of rotatable bonds is 3. The second-order valence-corrected chi connectivity index (χ2v) is 11.9. The zero-order valence-electron chi connectivity index (χ0n) is 24.4. The Morgan fingerprint density at radius 3 is 1.96 bits per heavy atom. The molecule has 0 saturated carbocycles. The number of allylic oxidation sites excluding steroid dienone is 1. The number of hydrogen-bond donors (Lipinski definition) is 0. The fourth-order valence-electron chi connectivity index (χ4n) is 7.50. The van der Waals surface area contributed by atoms with Crippen LogP contribution in [0.15, 0.2) is 138 Å². The van der Waals surface area contributed by atoms with Gasteiger partial charge in [0.15, 0.2) is 0 Å². The summed E-state index contributed by atoms with van der Waals surface area (Å²) in [7, 11) is 0. The lowest BCUT2D eigenvalue weighted by molar-refractivity contribution is 0.654. The molecule has 0 fully saturated rings. The molecular formula is C41H27N3O. The van der Waals surface area contributed by atoms with E-state index in [9.17, 15) is 0 Å². The molecule has 0 atom stereocenters. The zero-order chi connectivity index (χ0) is 29.5.